The van der Waals surface area contributed by atoms with Crippen LogP contribution in [0.4, 0.5) is 0 Å². The summed E-state index contributed by atoms with van der Waals surface area (Å²) in [5.74, 6) is 0.908. The number of carbonyl (C=O) groups is 1. The Labute approximate surface area is 215 Å². The van der Waals surface area contributed by atoms with Crippen molar-refractivity contribution in [2.75, 3.05) is 0 Å². The fraction of sp³-hybridized carbons (Fsp3) is 0.333. The molecule has 11 heteroatoms. The Bertz CT molecular complexity index is 1080. The second-order valence-corrected chi connectivity index (χ2v) is 9.72. The quantitative estimate of drug-likeness (QED) is 0.179. The van der Waals surface area contributed by atoms with Gasteiger partial charge in [-0.3, -0.25) is 9.69 Å². The lowest BCUT2D eigenvalue weighted by atomic mass is 9.94. The monoisotopic (exact) mass is 552 g/mol. The molecular formula is C21H17Cl5N2O3S. The molecule has 2 aliphatic rings. The molecule has 2 aromatic rings. The number of rotatable bonds is 5. The van der Waals surface area contributed by atoms with Crippen molar-refractivity contribution in [3.63, 3.8) is 0 Å². The molecule has 32 heavy (non-hydrogen) atoms. The molecule has 1 aromatic carbocycles. The van der Waals surface area contributed by atoms with Gasteiger partial charge in [0.2, 0.25) is 0 Å². The number of halogens is 5. The van der Waals surface area contributed by atoms with Crippen LogP contribution >= 0.6 is 70.2 Å². The number of benzene rings is 1. The summed E-state index contributed by atoms with van der Waals surface area (Å²) < 4.78 is 11.4. The van der Waals surface area contributed by atoms with Crippen molar-refractivity contribution in [2.45, 2.75) is 44.8 Å². The van der Waals surface area contributed by atoms with Gasteiger partial charge in [0.05, 0.1) is 15.1 Å². The first-order chi connectivity index (χ1) is 15.3. The zero-order valence-corrected chi connectivity index (χ0v) is 21.1. The predicted octanol–water partition coefficient (Wildman–Crippen LogP) is 7.52. The molecule has 0 bridgehead atoms. The molecule has 1 aromatic heterocycles. The molecule has 1 N–H and O–H groups in total. The van der Waals surface area contributed by atoms with E-state index < -0.39 is 0 Å². The molecule has 1 saturated carbocycles. The molecule has 0 unspecified atom stereocenters. The van der Waals surface area contributed by atoms with Gasteiger partial charge in [-0.05, 0) is 37.2 Å². The Kier molecular flexibility index (Phi) is 7.50. The number of furan rings is 1. The maximum absolute atomic E-state index is 12.9. The summed E-state index contributed by atoms with van der Waals surface area (Å²) in [6.07, 6.45) is 6.96. The highest BCUT2D eigenvalue weighted by atomic mass is 35.5. The third-order valence-corrected chi connectivity index (χ3v) is 7.89. The van der Waals surface area contributed by atoms with Crippen molar-refractivity contribution in [1.82, 2.24) is 10.2 Å². The van der Waals surface area contributed by atoms with Crippen LogP contribution in [0.2, 0.25) is 25.1 Å². The molecule has 1 amide bonds. The molecular weight excluding hydrogens is 538 g/mol. The number of ether oxygens (including phenoxy) is 1. The summed E-state index contributed by atoms with van der Waals surface area (Å²) in [6, 6.07) is 3.58. The molecule has 0 spiro atoms. The second kappa shape index (κ2) is 10.00. The Morgan fingerprint density at radius 3 is 2.31 bits per heavy atom. The van der Waals surface area contributed by atoms with E-state index in [-0.39, 0.29) is 49.4 Å². The lowest BCUT2D eigenvalue weighted by Crippen LogP contribution is -2.41. The van der Waals surface area contributed by atoms with Crippen molar-refractivity contribution in [2.24, 2.45) is 0 Å². The van der Waals surface area contributed by atoms with Gasteiger partial charge in [-0.15, -0.1) is 0 Å². The van der Waals surface area contributed by atoms with Crippen LogP contribution in [0, 0.1) is 0 Å². The van der Waals surface area contributed by atoms with Crippen LogP contribution in [-0.4, -0.2) is 22.0 Å². The molecule has 0 atom stereocenters. The highest BCUT2D eigenvalue weighted by molar-refractivity contribution is 7.80. The van der Waals surface area contributed by atoms with Gasteiger partial charge in [-0.25, -0.2) is 0 Å². The van der Waals surface area contributed by atoms with Crippen LogP contribution < -0.4 is 10.1 Å². The van der Waals surface area contributed by atoms with Crippen molar-refractivity contribution in [1.29, 1.82) is 0 Å². The average Bonchev–Trinajstić information content (AvgIpc) is 3.35. The van der Waals surface area contributed by atoms with E-state index in [0.29, 0.717) is 22.3 Å². The normalized spacial score (nSPS) is 18.5. The number of hydrogen-bond acceptors (Lipinski definition) is 4. The summed E-state index contributed by atoms with van der Waals surface area (Å²) in [6.45, 7) is 0.00485. The van der Waals surface area contributed by atoms with Crippen LogP contribution in [0.1, 0.15) is 43.6 Å². The molecule has 1 aliphatic heterocycles. The molecule has 0 radical (unpaired) electrons. The van der Waals surface area contributed by atoms with Crippen LogP contribution in [0.3, 0.4) is 0 Å². The number of carbonyl (C=O) groups excluding carboxylic acids is 1. The van der Waals surface area contributed by atoms with Crippen LogP contribution in [0.15, 0.2) is 22.2 Å². The summed E-state index contributed by atoms with van der Waals surface area (Å²) in [5.41, 5.74) is 0.379. The molecule has 4 rings (SSSR count). The minimum Gasteiger partial charge on any atom is -0.482 e. The first kappa shape index (κ1) is 24.0. The summed E-state index contributed by atoms with van der Waals surface area (Å²) >= 11 is 35.9. The first-order valence-electron chi connectivity index (χ1n) is 9.87. The SMILES string of the molecule is O=C1/C(=C\c2ccc(COc3c(Cl)c(Cl)c(Cl)c(Cl)c3Cl)o2)NC(=S)N1C1CCCCC1. The molecule has 170 valence electrons. The second-order valence-electron chi connectivity index (χ2n) is 7.45. The van der Waals surface area contributed by atoms with Gasteiger partial charge in [0.1, 0.15) is 33.9 Å². The van der Waals surface area contributed by atoms with Crippen LogP contribution in [0.5, 0.6) is 5.75 Å². The Hall–Kier alpha value is -1.15. The largest absolute Gasteiger partial charge is 0.482 e. The number of thiocarbonyl (C=S) groups is 1. The Morgan fingerprint density at radius 2 is 1.66 bits per heavy atom. The minimum absolute atomic E-state index is 0.00485. The van der Waals surface area contributed by atoms with Gasteiger partial charge in [-0.2, -0.15) is 0 Å². The topological polar surface area (TPSA) is 54.7 Å². The van der Waals surface area contributed by atoms with Gasteiger partial charge in [-0.1, -0.05) is 77.3 Å². The number of nitrogens with zero attached hydrogens (tertiary/aromatic N) is 1. The van der Waals surface area contributed by atoms with E-state index in [2.05, 4.69) is 5.32 Å². The smallest absolute Gasteiger partial charge is 0.276 e. The van der Waals surface area contributed by atoms with Gasteiger partial charge in [0, 0.05) is 12.1 Å². The number of hydrogen-bond donors (Lipinski definition) is 1. The van der Waals surface area contributed by atoms with Crippen molar-refractivity contribution in [3.05, 3.63) is 54.5 Å². The van der Waals surface area contributed by atoms with E-state index in [1.807, 2.05) is 0 Å². The molecule has 2 fully saturated rings. The number of nitrogens with one attached hydrogen (secondary N) is 1. The fourth-order valence-electron chi connectivity index (χ4n) is 3.77. The van der Waals surface area contributed by atoms with Gasteiger partial charge in [0.15, 0.2) is 10.9 Å². The average molecular weight is 555 g/mol. The van der Waals surface area contributed by atoms with Crippen molar-refractivity contribution in [3.8, 4) is 5.75 Å². The van der Waals surface area contributed by atoms with Gasteiger partial charge < -0.3 is 14.5 Å². The molecule has 1 aliphatic carbocycles. The van der Waals surface area contributed by atoms with Crippen molar-refractivity contribution >= 4 is 87.3 Å². The third kappa shape index (κ3) is 4.72. The van der Waals surface area contributed by atoms with E-state index >= 15 is 0 Å². The first-order valence-corrected chi connectivity index (χ1v) is 12.2. The molecule has 2 heterocycles. The highest BCUT2D eigenvalue weighted by Crippen LogP contribution is 2.48. The summed E-state index contributed by atoms with van der Waals surface area (Å²) in [4.78, 5) is 14.6. The molecule has 1 saturated heterocycles. The van der Waals surface area contributed by atoms with E-state index in [1.54, 1.807) is 23.1 Å². The molecule has 5 nitrogen and oxygen atoms in total. The van der Waals surface area contributed by atoms with Crippen LogP contribution in [0.25, 0.3) is 6.08 Å². The van der Waals surface area contributed by atoms with Gasteiger partial charge in [0.25, 0.3) is 5.91 Å². The van der Waals surface area contributed by atoms with E-state index in [0.717, 1.165) is 25.7 Å². The Morgan fingerprint density at radius 1 is 1.03 bits per heavy atom. The predicted molar refractivity (Wildman–Crippen MR) is 132 cm³/mol. The zero-order valence-electron chi connectivity index (χ0n) is 16.5. The minimum atomic E-state index is -0.139. The standard InChI is InChI=1S/C21H17Cl5N2O3S/c22-14-15(23)17(25)19(18(26)16(14)24)30-9-12-7-6-11(31-12)8-13-20(29)28(21(32)27-13)10-4-2-1-3-5-10/h6-8,10H,1-5,9H2,(H,27,32)/b13-8+. The lowest BCUT2D eigenvalue weighted by molar-refractivity contribution is -0.124. The van der Waals surface area contributed by atoms with Crippen molar-refractivity contribution < 1.29 is 13.9 Å². The number of amides is 1. The van der Waals surface area contributed by atoms with Crippen LogP contribution in [-0.2, 0) is 11.4 Å². The van der Waals surface area contributed by atoms with E-state index in [4.69, 9.17) is 79.4 Å². The lowest BCUT2D eigenvalue weighted by Gasteiger charge is -2.29. The summed E-state index contributed by atoms with van der Waals surface area (Å²) in [7, 11) is 0. The summed E-state index contributed by atoms with van der Waals surface area (Å²) in [5, 5.41) is 3.69. The van der Waals surface area contributed by atoms with Gasteiger partial charge >= 0.3 is 0 Å². The van der Waals surface area contributed by atoms with E-state index in [9.17, 15) is 4.79 Å². The Balaban J connectivity index is 1.46. The maximum Gasteiger partial charge on any atom is 0.276 e. The van der Waals surface area contributed by atoms with E-state index in [1.165, 1.54) is 6.42 Å². The highest BCUT2D eigenvalue weighted by Gasteiger charge is 2.36. The maximum atomic E-state index is 12.9. The third-order valence-electron chi connectivity index (χ3n) is 5.35. The fourth-order valence-corrected chi connectivity index (χ4v) is 5.34. The zero-order chi connectivity index (χ0) is 23.0.